The molecule has 0 bridgehead atoms. The van der Waals surface area contributed by atoms with Gasteiger partial charge in [-0.25, -0.2) is 0 Å². The minimum Gasteiger partial charge on any atom is -0.129 e. The molecule has 0 fully saturated rings. The van der Waals surface area contributed by atoms with E-state index >= 15 is 0 Å². The summed E-state index contributed by atoms with van der Waals surface area (Å²) in [5.41, 5.74) is 2.73. The van der Waals surface area contributed by atoms with Gasteiger partial charge in [0.2, 0.25) is 0 Å². The summed E-state index contributed by atoms with van der Waals surface area (Å²) in [5.74, 6) is 0.613. The Morgan fingerprint density at radius 3 is 2.13 bits per heavy atom. The first-order valence-electron chi connectivity index (χ1n) is 5.02. The molecule has 2 rings (SSSR count). The highest BCUT2D eigenvalue weighted by Gasteiger charge is 2.02. The first kappa shape index (κ1) is 11.1. The average molecular weight is 328 g/mol. The second-order valence-corrected chi connectivity index (χ2v) is 6.86. The van der Waals surface area contributed by atoms with E-state index < -0.39 is 0 Å². The Bertz CT molecular complexity index is 440. The van der Waals surface area contributed by atoms with Crippen molar-refractivity contribution in [2.24, 2.45) is 0 Å². The molecule has 0 atom stereocenters. The summed E-state index contributed by atoms with van der Waals surface area (Å²) in [6, 6.07) is 13.3. The van der Waals surface area contributed by atoms with E-state index in [0.717, 1.165) is 0 Å². The molecule has 15 heavy (non-hydrogen) atoms. The molecule has 0 nitrogen and oxygen atoms in total. The fourth-order valence-electron chi connectivity index (χ4n) is 1.50. The van der Waals surface area contributed by atoms with Crippen molar-refractivity contribution >= 4 is 33.9 Å². The Morgan fingerprint density at radius 2 is 1.67 bits per heavy atom. The fourth-order valence-corrected chi connectivity index (χ4v) is 3.13. The van der Waals surface area contributed by atoms with Gasteiger partial charge in [-0.15, -0.1) is 11.3 Å². The van der Waals surface area contributed by atoms with Gasteiger partial charge >= 0.3 is 0 Å². The van der Waals surface area contributed by atoms with Crippen LogP contribution in [0.5, 0.6) is 0 Å². The van der Waals surface area contributed by atoms with Gasteiger partial charge in [0.25, 0.3) is 0 Å². The number of hydrogen-bond acceptors (Lipinski definition) is 1. The quantitative estimate of drug-likeness (QED) is 0.670. The van der Waals surface area contributed by atoms with Crippen LogP contribution >= 0.6 is 33.9 Å². The Morgan fingerprint density at radius 1 is 1.00 bits per heavy atom. The van der Waals surface area contributed by atoms with Gasteiger partial charge < -0.3 is 0 Å². The molecule has 0 N–H and O–H groups in total. The van der Waals surface area contributed by atoms with Crippen LogP contribution in [0.3, 0.4) is 0 Å². The summed E-state index contributed by atoms with van der Waals surface area (Å²) >= 11 is 4.21. The van der Waals surface area contributed by atoms with Gasteiger partial charge in [0.15, 0.2) is 0 Å². The third-order valence-corrected chi connectivity index (χ3v) is 4.38. The van der Waals surface area contributed by atoms with Crippen molar-refractivity contribution in [3.05, 3.63) is 44.8 Å². The molecule has 78 valence electrons. The Kier molecular flexibility index (Phi) is 3.46. The average Bonchev–Trinajstić information content (AvgIpc) is 2.65. The van der Waals surface area contributed by atoms with Gasteiger partial charge in [0.1, 0.15) is 0 Å². The summed E-state index contributed by atoms with van der Waals surface area (Å²) in [7, 11) is 0. The lowest BCUT2D eigenvalue weighted by Gasteiger charge is -2.05. The Labute approximate surface area is 108 Å². The molecule has 1 aromatic carbocycles. The molecule has 0 radical (unpaired) electrons. The third kappa shape index (κ3) is 2.61. The van der Waals surface area contributed by atoms with Crippen molar-refractivity contribution in [2.75, 3.05) is 0 Å². The van der Waals surface area contributed by atoms with Crippen LogP contribution in [0, 0.1) is 2.88 Å². The van der Waals surface area contributed by atoms with E-state index in [2.05, 4.69) is 72.8 Å². The van der Waals surface area contributed by atoms with Crippen molar-refractivity contribution in [3.63, 3.8) is 0 Å². The lowest BCUT2D eigenvalue weighted by Crippen LogP contribution is -1.85. The lowest BCUT2D eigenvalue weighted by molar-refractivity contribution is 0.867. The van der Waals surface area contributed by atoms with Gasteiger partial charge in [0, 0.05) is 4.88 Å². The Hall–Kier alpha value is -0.350. The number of benzene rings is 1. The van der Waals surface area contributed by atoms with Crippen molar-refractivity contribution in [1.82, 2.24) is 0 Å². The minimum absolute atomic E-state index is 0.613. The maximum atomic E-state index is 2.36. The summed E-state index contributed by atoms with van der Waals surface area (Å²) in [6.07, 6.45) is 0. The molecule has 0 saturated carbocycles. The SMILES string of the molecule is CC(C)c1ccc(-c2ccc(I)s2)cc1. The molecule has 0 aliphatic carbocycles. The molecule has 2 heteroatoms. The maximum Gasteiger partial charge on any atom is 0.0660 e. The van der Waals surface area contributed by atoms with Crippen LogP contribution in [0.4, 0.5) is 0 Å². The van der Waals surface area contributed by atoms with E-state index in [1.54, 1.807) is 0 Å². The van der Waals surface area contributed by atoms with Crippen molar-refractivity contribution in [1.29, 1.82) is 0 Å². The van der Waals surface area contributed by atoms with E-state index in [1.807, 2.05) is 11.3 Å². The van der Waals surface area contributed by atoms with Gasteiger partial charge in [-0.1, -0.05) is 38.1 Å². The molecule has 0 unspecified atom stereocenters. The first-order valence-corrected chi connectivity index (χ1v) is 6.92. The van der Waals surface area contributed by atoms with Crippen LogP contribution in [0.25, 0.3) is 10.4 Å². The largest absolute Gasteiger partial charge is 0.129 e. The van der Waals surface area contributed by atoms with E-state index in [9.17, 15) is 0 Å². The fraction of sp³-hybridized carbons (Fsp3) is 0.231. The van der Waals surface area contributed by atoms with Crippen LogP contribution in [-0.2, 0) is 0 Å². The van der Waals surface area contributed by atoms with Gasteiger partial charge in [-0.05, 0) is 51.8 Å². The normalized spacial score (nSPS) is 10.9. The minimum atomic E-state index is 0.613. The highest BCUT2D eigenvalue weighted by atomic mass is 127. The highest BCUT2D eigenvalue weighted by molar-refractivity contribution is 14.1. The van der Waals surface area contributed by atoms with E-state index in [-0.39, 0.29) is 0 Å². The zero-order valence-corrected chi connectivity index (χ0v) is 11.8. The molecule has 0 aliphatic rings. The monoisotopic (exact) mass is 328 g/mol. The third-order valence-electron chi connectivity index (χ3n) is 2.44. The van der Waals surface area contributed by atoms with Crippen molar-refractivity contribution in [3.8, 4) is 10.4 Å². The Balaban J connectivity index is 2.31. The highest BCUT2D eigenvalue weighted by Crippen LogP contribution is 2.29. The smallest absolute Gasteiger partial charge is 0.0660 e. The summed E-state index contributed by atoms with van der Waals surface area (Å²) in [5, 5.41) is 0. The standard InChI is InChI=1S/C13H13IS/c1-9(2)10-3-5-11(6-4-10)12-7-8-13(14)15-12/h3-9H,1-2H3. The van der Waals surface area contributed by atoms with Crippen molar-refractivity contribution in [2.45, 2.75) is 19.8 Å². The number of halogens is 1. The molecule has 2 aromatic rings. The summed E-state index contributed by atoms with van der Waals surface area (Å²) < 4.78 is 1.34. The predicted molar refractivity (Wildman–Crippen MR) is 76.6 cm³/mol. The van der Waals surface area contributed by atoms with E-state index in [4.69, 9.17) is 0 Å². The van der Waals surface area contributed by atoms with Crippen LogP contribution in [0.15, 0.2) is 36.4 Å². The number of thiophene rings is 1. The van der Waals surface area contributed by atoms with Gasteiger partial charge in [-0.2, -0.15) is 0 Å². The van der Waals surface area contributed by atoms with Crippen molar-refractivity contribution < 1.29 is 0 Å². The molecule has 0 amide bonds. The predicted octanol–water partition coefficient (Wildman–Crippen LogP) is 5.14. The van der Waals surface area contributed by atoms with Gasteiger partial charge in [0.05, 0.1) is 2.88 Å². The number of rotatable bonds is 2. The first-order chi connectivity index (χ1) is 7.16. The molecule has 0 saturated heterocycles. The molecule has 1 heterocycles. The topological polar surface area (TPSA) is 0 Å². The van der Waals surface area contributed by atoms with Crippen LogP contribution in [0.1, 0.15) is 25.3 Å². The van der Waals surface area contributed by atoms with Crippen LogP contribution in [0.2, 0.25) is 0 Å². The van der Waals surface area contributed by atoms with Crippen LogP contribution < -0.4 is 0 Å². The van der Waals surface area contributed by atoms with E-state index in [1.165, 1.54) is 18.9 Å². The van der Waals surface area contributed by atoms with Crippen LogP contribution in [-0.4, -0.2) is 0 Å². The van der Waals surface area contributed by atoms with E-state index in [0.29, 0.717) is 5.92 Å². The molecule has 0 spiro atoms. The molecule has 1 aromatic heterocycles. The maximum absolute atomic E-state index is 2.36. The van der Waals surface area contributed by atoms with Gasteiger partial charge in [-0.3, -0.25) is 0 Å². The molecular weight excluding hydrogens is 315 g/mol. The summed E-state index contributed by atoms with van der Waals surface area (Å²) in [6.45, 7) is 4.45. The zero-order chi connectivity index (χ0) is 10.8. The lowest BCUT2D eigenvalue weighted by atomic mass is 10.0. The zero-order valence-electron chi connectivity index (χ0n) is 8.83. The molecular formula is C13H13IS. The summed E-state index contributed by atoms with van der Waals surface area (Å²) in [4.78, 5) is 1.36. The second-order valence-electron chi connectivity index (χ2n) is 3.88. The second kappa shape index (κ2) is 4.66. The molecule has 0 aliphatic heterocycles. The number of hydrogen-bond donors (Lipinski definition) is 0.